The third-order valence-electron chi connectivity index (χ3n) is 3.57. The Kier molecular flexibility index (Phi) is 5.23. The summed E-state index contributed by atoms with van der Waals surface area (Å²) in [6.45, 7) is 4.63. The monoisotopic (exact) mass is 263 g/mol. The Balaban J connectivity index is 1.88. The first-order chi connectivity index (χ1) is 9.15. The van der Waals surface area contributed by atoms with Crippen molar-refractivity contribution in [2.45, 2.75) is 57.8 Å². The van der Waals surface area contributed by atoms with Gasteiger partial charge in [0.2, 0.25) is 0 Å². The number of nitrogens with one attached hydrogen (secondary N) is 1. The van der Waals surface area contributed by atoms with Gasteiger partial charge in [0.25, 0.3) is 0 Å². The highest BCUT2D eigenvalue weighted by molar-refractivity contribution is 5.30. The molecule has 0 heterocycles. The van der Waals surface area contributed by atoms with Crippen molar-refractivity contribution in [2.75, 3.05) is 6.54 Å². The van der Waals surface area contributed by atoms with E-state index in [1.807, 2.05) is 38.1 Å². The van der Waals surface area contributed by atoms with Gasteiger partial charge in [-0.15, -0.1) is 0 Å². The number of aliphatic hydroxyl groups is 1. The highest BCUT2D eigenvalue weighted by atomic mass is 16.5. The van der Waals surface area contributed by atoms with Crippen LogP contribution in [0.25, 0.3) is 0 Å². The quantitative estimate of drug-likeness (QED) is 0.829. The summed E-state index contributed by atoms with van der Waals surface area (Å²) in [7, 11) is 0. The lowest BCUT2D eigenvalue weighted by Crippen LogP contribution is -2.30. The maximum atomic E-state index is 10.2. The van der Waals surface area contributed by atoms with Crippen LogP contribution in [0, 0.1) is 0 Å². The second kappa shape index (κ2) is 6.92. The number of rotatable bonds is 6. The van der Waals surface area contributed by atoms with Gasteiger partial charge in [0.15, 0.2) is 0 Å². The lowest BCUT2D eigenvalue weighted by molar-refractivity contribution is 0.168. The molecule has 0 aliphatic heterocycles. The molecule has 0 radical (unpaired) electrons. The van der Waals surface area contributed by atoms with Gasteiger partial charge >= 0.3 is 0 Å². The van der Waals surface area contributed by atoms with Crippen molar-refractivity contribution in [3.63, 3.8) is 0 Å². The van der Waals surface area contributed by atoms with Crippen LogP contribution in [-0.2, 0) is 0 Å². The van der Waals surface area contributed by atoms with Crippen LogP contribution in [0.2, 0.25) is 0 Å². The molecule has 1 atom stereocenters. The molecule has 0 aromatic heterocycles. The summed E-state index contributed by atoms with van der Waals surface area (Å²) in [5.74, 6) is 0.826. The molecule has 19 heavy (non-hydrogen) atoms. The number of benzene rings is 1. The molecule has 1 aromatic rings. The standard InChI is InChI=1S/C16H25NO2/c1-12(2)19-15-9-5-6-13(10-15)16(18)11-17-14-7-3-4-8-14/h5-6,9-10,12,14,16-18H,3-4,7-8,11H2,1-2H3. The highest BCUT2D eigenvalue weighted by Gasteiger charge is 2.16. The molecule has 0 saturated heterocycles. The van der Waals surface area contributed by atoms with Crippen molar-refractivity contribution >= 4 is 0 Å². The summed E-state index contributed by atoms with van der Waals surface area (Å²) < 4.78 is 5.65. The van der Waals surface area contributed by atoms with Crippen molar-refractivity contribution < 1.29 is 9.84 Å². The van der Waals surface area contributed by atoms with Crippen LogP contribution in [0.3, 0.4) is 0 Å². The van der Waals surface area contributed by atoms with Crippen LogP contribution in [0.5, 0.6) is 5.75 Å². The van der Waals surface area contributed by atoms with Gasteiger partial charge in [-0.1, -0.05) is 25.0 Å². The molecule has 1 unspecified atom stereocenters. The number of hydrogen-bond acceptors (Lipinski definition) is 3. The largest absolute Gasteiger partial charge is 0.491 e. The predicted octanol–water partition coefficient (Wildman–Crippen LogP) is 3.04. The van der Waals surface area contributed by atoms with Gasteiger partial charge in [0.1, 0.15) is 5.75 Å². The maximum Gasteiger partial charge on any atom is 0.120 e. The SMILES string of the molecule is CC(C)Oc1cccc(C(O)CNC2CCCC2)c1. The maximum absolute atomic E-state index is 10.2. The van der Waals surface area contributed by atoms with E-state index < -0.39 is 6.10 Å². The summed E-state index contributed by atoms with van der Waals surface area (Å²) in [6.07, 6.45) is 4.80. The van der Waals surface area contributed by atoms with E-state index in [1.54, 1.807) is 0 Å². The molecule has 1 fully saturated rings. The Bertz CT molecular complexity index is 386. The molecule has 3 heteroatoms. The van der Waals surface area contributed by atoms with E-state index in [-0.39, 0.29) is 6.10 Å². The predicted molar refractivity (Wildman–Crippen MR) is 77.4 cm³/mol. The Morgan fingerprint density at radius 3 is 2.74 bits per heavy atom. The third-order valence-corrected chi connectivity index (χ3v) is 3.57. The molecule has 1 saturated carbocycles. The van der Waals surface area contributed by atoms with Crippen molar-refractivity contribution in [3.05, 3.63) is 29.8 Å². The molecule has 1 aliphatic rings. The van der Waals surface area contributed by atoms with E-state index in [0.29, 0.717) is 12.6 Å². The van der Waals surface area contributed by atoms with Gasteiger partial charge in [-0.3, -0.25) is 0 Å². The zero-order chi connectivity index (χ0) is 13.7. The Hall–Kier alpha value is -1.06. The highest BCUT2D eigenvalue weighted by Crippen LogP contribution is 2.22. The van der Waals surface area contributed by atoms with Crippen LogP contribution in [0.15, 0.2) is 24.3 Å². The van der Waals surface area contributed by atoms with Crippen LogP contribution in [-0.4, -0.2) is 23.8 Å². The zero-order valence-corrected chi connectivity index (χ0v) is 11.9. The smallest absolute Gasteiger partial charge is 0.120 e. The van der Waals surface area contributed by atoms with E-state index in [2.05, 4.69) is 5.32 Å². The minimum atomic E-state index is -0.462. The second-order valence-electron chi connectivity index (χ2n) is 5.64. The lowest BCUT2D eigenvalue weighted by atomic mass is 10.1. The van der Waals surface area contributed by atoms with Gasteiger partial charge in [0, 0.05) is 12.6 Å². The first-order valence-electron chi connectivity index (χ1n) is 7.33. The molecule has 2 N–H and O–H groups in total. The van der Waals surface area contributed by atoms with Crippen molar-refractivity contribution in [2.24, 2.45) is 0 Å². The van der Waals surface area contributed by atoms with Crippen LogP contribution >= 0.6 is 0 Å². The van der Waals surface area contributed by atoms with E-state index in [9.17, 15) is 5.11 Å². The topological polar surface area (TPSA) is 41.5 Å². The fourth-order valence-electron chi connectivity index (χ4n) is 2.59. The molecule has 106 valence electrons. The van der Waals surface area contributed by atoms with Crippen molar-refractivity contribution in [3.8, 4) is 5.75 Å². The molecular weight excluding hydrogens is 238 g/mol. The van der Waals surface area contributed by atoms with Crippen LogP contribution in [0.1, 0.15) is 51.2 Å². The van der Waals surface area contributed by atoms with E-state index >= 15 is 0 Å². The first-order valence-corrected chi connectivity index (χ1v) is 7.33. The molecule has 0 spiro atoms. The number of ether oxygens (including phenoxy) is 1. The van der Waals surface area contributed by atoms with Crippen molar-refractivity contribution in [1.29, 1.82) is 0 Å². The fraction of sp³-hybridized carbons (Fsp3) is 0.625. The zero-order valence-electron chi connectivity index (χ0n) is 11.9. The van der Waals surface area contributed by atoms with Crippen LogP contribution < -0.4 is 10.1 Å². The Labute approximate surface area is 116 Å². The van der Waals surface area contributed by atoms with Gasteiger partial charge in [-0.05, 0) is 44.4 Å². The summed E-state index contributed by atoms with van der Waals surface area (Å²) in [5, 5.41) is 13.7. The minimum Gasteiger partial charge on any atom is -0.491 e. The van der Waals surface area contributed by atoms with Crippen molar-refractivity contribution in [1.82, 2.24) is 5.32 Å². The summed E-state index contributed by atoms with van der Waals surface area (Å²) in [5.41, 5.74) is 0.920. The lowest BCUT2D eigenvalue weighted by Gasteiger charge is -2.17. The van der Waals surface area contributed by atoms with Gasteiger partial charge < -0.3 is 15.2 Å². The van der Waals surface area contributed by atoms with Gasteiger partial charge in [-0.2, -0.15) is 0 Å². The fourth-order valence-corrected chi connectivity index (χ4v) is 2.59. The van der Waals surface area contributed by atoms with E-state index in [4.69, 9.17) is 4.74 Å². The molecule has 1 aliphatic carbocycles. The molecule has 2 rings (SSSR count). The molecule has 3 nitrogen and oxygen atoms in total. The Morgan fingerprint density at radius 1 is 1.32 bits per heavy atom. The van der Waals surface area contributed by atoms with Gasteiger partial charge in [0.05, 0.1) is 12.2 Å². The van der Waals surface area contributed by atoms with E-state index in [1.165, 1.54) is 25.7 Å². The summed E-state index contributed by atoms with van der Waals surface area (Å²) in [4.78, 5) is 0. The molecule has 0 bridgehead atoms. The first kappa shape index (κ1) is 14.4. The minimum absolute atomic E-state index is 0.156. The molecule has 1 aromatic carbocycles. The number of aliphatic hydroxyl groups excluding tert-OH is 1. The molecule has 0 amide bonds. The number of hydrogen-bond donors (Lipinski definition) is 2. The average molecular weight is 263 g/mol. The van der Waals surface area contributed by atoms with E-state index in [0.717, 1.165) is 11.3 Å². The second-order valence-corrected chi connectivity index (χ2v) is 5.64. The van der Waals surface area contributed by atoms with Crippen LogP contribution in [0.4, 0.5) is 0 Å². The normalized spacial score (nSPS) is 17.9. The summed E-state index contributed by atoms with van der Waals surface area (Å²) >= 11 is 0. The third kappa shape index (κ3) is 4.51. The summed E-state index contributed by atoms with van der Waals surface area (Å²) in [6, 6.07) is 8.34. The Morgan fingerprint density at radius 2 is 2.05 bits per heavy atom. The van der Waals surface area contributed by atoms with Gasteiger partial charge in [-0.25, -0.2) is 0 Å². The molecular formula is C16H25NO2. The average Bonchev–Trinajstić information content (AvgIpc) is 2.88.